The Hall–Kier alpha value is -2.98. The summed E-state index contributed by atoms with van der Waals surface area (Å²) in [5.41, 5.74) is 1.86. The molecule has 0 radical (unpaired) electrons. The van der Waals surface area contributed by atoms with Crippen molar-refractivity contribution in [2.24, 2.45) is 5.92 Å². The third kappa shape index (κ3) is 3.24. The van der Waals surface area contributed by atoms with Gasteiger partial charge in [0.2, 0.25) is 0 Å². The summed E-state index contributed by atoms with van der Waals surface area (Å²) < 4.78 is 0. The minimum absolute atomic E-state index is 0.0144. The quantitative estimate of drug-likeness (QED) is 0.703. The first kappa shape index (κ1) is 17.4. The Kier molecular flexibility index (Phi) is 4.73. The van der Waals surface area contributed by atoms with Gasteiger partial charge in [0.15, 0.2) is 0 Å². The molecule has 3 aromatic carbocycles. The molecule has 136 valence electrons. The number of hydrogen-bond donors (Lipinski definition) is 1. The molecular formula is C23H21NO3. The lowest BCUT2D eigenvalue weighted by Crippen LogP contribution is -2.33. The van der Waals surface area contributed by atoms with Gasteiger partial charge in [-0.15, -0.1) is 0 Å². The first-order valence-corrected chi connectivity index (χ1v) is 9.14. The normalized spacial score (nSPS) is 21.2. The van der Waals surface area contributed by atoms with E-state index in [1.165, 1.54) is 0 Å². The van der Waals surface area contributed by atoms with Gasteiger partial charge in [-0.1, -0.05) is 72.8 Å². The zero-order valence-electron chi connectivity index (χ0n) is 14.9. The van der Waals surface area contributed by atoms with Crippen molar-refractivity contribution in [1.29, 1.82) is 0 Å². The lowest BCUT2D eigenvalue weighted by Gasteiger charge is -2.26. The van der Waals surface area contributed by atoms with Crippen LogP contribution in [0.5, 0.6) is 0 Å². The van der Waals surface area contributed by atoms with E-state index >= 15 is 0 Å². The van der Waals surface area contributed by atoms with Crippen LogP contribution in [0.3, 0.4) is 0 Å². The first-order valence-electron chi connectivity index (χ1n) is 9.14. The Morgan fingerprint density at radius 2 is 1.67 bits per heavy atom. The number of carboxylic acids is 1. The molecule has 4 nitrogen and oxygen atoms in total. The van der Waals surface area contributed by atoms with E-state index in [1.807, 2.05) is 77.7 Å². The number of aldehydes is 1. The van der Waals surface area contributed by atoms with E-state index in [0.29, 0.717) is 13.1 Å². The number of carboxylic acid groups (broad SMARTS) is 1. The van der Waals surface area contributed by atoms with E-state index in [2.05, 4.69) is 0 Å². The highest BCUT2D eigenvalue weighted by atomic mass is 16.4. The van der Waals surface area contributed by atoms with Crippen LogP contribution in [0.1, 0.15) is 23.1 Å². The van der Waals surface area contributed by atoms with Crippen LogP contribution in [0.25, 0.3) is 10.8 Å². The number of fused-ring (bicyclic) bond motifs is 1. The second-order valence-corrected chi connectivity index (χ2v) is 7.08. The number of aliphatic carboxylic acids is 1. The van der Waals surface area contributed by atoms with Crippen molar-refractivity contribution in [3.63, 3.8) is 0 Å². The predicted octanol–water partition coefficient (Wildman–Crippen LogP) is 3.88. The predicted molar refractivity (Wildman–Crippen MR) is 105 cm³/mol. The maximum Gasteiger partial charge on any atom is 0.325 e. The summed E-state index contributed by atoms with van der Waals surface area (Å²) in [6, 6.07) is 22.7. The van der Waals surface area contributed by atoms with Crippen molar-refractivity contribution >= 4 is 23.0 Å². The third-order valence-electron chi connectivity index (χ3n) is 5.51. The fraction of sp³-hybridized carbons (Fsp3) is 0.217. The van der Waals surface area contributed by atoms with Crippen LogP contribution in [-0.4, -0.2) is 35.4 Å². The highest BCUT2D eigenvalue weighted by molar-refractivity contribution is 5.90. The summed E-state index contributed by atoms with van der Waals surface area (Å²) >= 11 is 0. The van der Waals surface area contributed by atoms with Crippen LogP contribution in [-0.2, 0) is 9.59 Å². The Morgan fingerprint density at radius 3 is 2.41 bits per heavy atom. The summed E-state index contributed by atoms with van der Waals surface area (Å²) in [7, 11) is 0. The molecule has 27 heavy (non-hydrogen) atoms. The molecule has 1 N–H and O–H groups in total. The molecule has 4 rings (SSSR count). The summed E-state index contributed by atoms with van der Waals surface area (Å²) in [6.07, 6.45) is 0.972. The van der Waals surface area contributed by atoms with Crippen molar-refractivity contribution in [3.8, 4) is 0 Å². The summed E-state index contributed by atoms with van der Waals surface area (Å²) in [5.74, 6) is -1.07. The third-order valence-corrected chi connectivity index (χ3v) is 5.51. The van der Waals surface area contributed by atoms with Crippen molar-refractivity contribution in [1.82, 2.24) is 4.90 Å². The van der Waals surface area contributed by atoms with Crippen molar-refractivity contribution < 1.29 is 14.7 Å². The summed E-state index contributed by atoms with van der Waals surface area (Å²) in [4.78, 5) is 25.9. The largest absolute Gasteiger partial charge is 0.480 e. The Labute approximate surface area is 158 Å². The van der Waals surface area contributed by atoms with Crippen LogP contribution in [0.2, 0.25) is 0 Å². The molecule has 1 saturated heterocycles. The molecule has 1 aliphatic rings. The number of benzene rings is 3. The van der Waals surface area contributed by atoms with Gasteiger partial charge >= 0.3 is 5.97 Å². The molecule has 1 fully saturated rings. The number of carbonyl (C=O) groups is 2. The van der Waals surface area contributed by atoms with E-state index in [0.717, 1.165) is 28.2 Å². The van der Waals surface area contributed by atoms with Crippen LogP contribution in [0.4, 0.5) is 0 Å². The smallest absolute Gasteiger partial charge is 0.325 e. The van der Waals surface area contributed by atoms with Crippen LogP contribution >= 0.6 is 0 Å². The molecule has 0 saturated carbocycles. The van der Waals surface area contributed by atoms with E-state index in [-0.39, 0.29) is 11.8 Å². The van der Waals surface area contributed by atoms with Gasteiger partial charge in [0.1, 0.15) is 12.3 Å². The molecule has 4 heteroatoms. The van der Waals surface area contributed by atoms with E-state index in [4.69, 9.17) is 0 Å². The molecule has 0 amide bonds. The fourth-order valence-electron chi connectivity index (χ4n) is 4.24. The number of hydrogen-bond acceptors (Lipinski definition) is 3. The zero-order chi connectivity index (χ0) is 18.8. The van der Waals surface area contributed by atoms with Crippen LogP contribution < -0.4 is 0 Å². The Bertz CT molecular complexity index is 964. The van der Waals surface area contributed by atoms with Gasteiger partial charge in [0.25, 0.3) is 0 Å². The number of nitrogens with zero attached hydrogens (tertiary/aromatic N) is 1. The van der Waals surface area contributed by atoms with Gasteiger partial charge in [-0.25, -0.2) is 0 Å². The van der Waals surface area contributed by atoms with Gasteiger partial charge < -0.3 is 9.90 Å². The lowest BCUT2D eigenvalue weighted by molar-refractivity contribution is -0.143. The van der Waals surface area contributed by atoms with Crippen molar-refractivity contribution in [3.05, 3.63) is 83.9 Å². The molecule has 0 bridgehead atoms. The molecule has 3 aromatic rings. The second kappa shape index (κ2) is 7.33. The summed E-state index contributed by atoms with van der Waals surface area (Å²) in [5, 5.41) is 12.0. The lowest BCUT2D eigenvalue weighted by atomic mass is 9.90. The number of carbonyl (C=O) groups excluding carboxylic acids is 1. The Morgan fingerprint density at radius 1 is 0.963 bits per heavy atom. The minimum atomic E-state index is -0.885. The topological polar surface area (TPSA) is 57.6 Å². The minimum Gasteiger partial charge on any atom is -0.480 e. The average Bonchev–Trinajstić information content (AvgIpc) is 3.13. The molecular weight excluding hydrogens is 338 g/mol. The van der Waals surface area contributed by atoms with Crippen molar-refractivity contribution in [2.75, 3.05) is 13.1 Å². The maximum atomic E-state index is 12.2. The van der Waals surface area contributed by atoms with Gasteiger partial charge in [-0.3, -0.25) is 9.69 Å². The van der Waals surface area contributed by atoms with E-state index < -0.39 is 12.0 Å². The van der Waals surface area contributed by atoms with Crippen LogP contribution in [0.15, 0.2) is 72.8 Å². The van der Waals surface area contributed by atoms with Gasteiger partial charge in [-0.05, 0) is 21.9 Å². The monoisotopic (exact) mass is 359 g/mol. The zero-order valence-corrected chi connectivity index (χ0v) is 14.9. The highest BCUT2D eigenvalue weighted by Gasteiger charge is 2.40. The number of likely N-dealkylation sites (tertiary alicyclic amines) is 1. The highest BCUT2D eigenvalue weighted by Crippen LogP contribution is 2.38. The second-order valence-electron chi connectivity index (χ2n) is 7.08. The molecule has 0 aliphatic carbocycles. The SMILES string of the molecule is O=CC1CN(C(C(=O)O)c2cccc3ccccc23)CC1c1ccccc1. The molecule has 0 spiro atoms. The molecule has 0 aromatic heterocycles. The van der Waals surface area contributed by atoms with Crippen molar-refractivity contribution in [2.45, 2.75) is 12.0 Å². The molecule has 1 heterocycles. The molecule has 3 atom stereocenters. The van der Waals surface area contributed by atoms with E-state index in [9.17, 15) is 14.7 Å². The van der Waals surface area contributed by atoms with Crippen LogP contribution in [0, 0.1) is 5.92 Å². The molecule has 1 aliphatic heterocycles. The first-order chi connectivity index (χ1) is 13.2. The standard InChI is InChI=1S/C23H21NO3/c25-15-18-13-24(14-21(18)17-7-2-1-3-8-17)22(23(26)27)20-12-6-10-16-9-4-5-11-19(16)20/h1-12,15,18,21-22H,13-14H2,(H,26,27). The van der Waals surface area contributed by atoms with Gasteiger partial charge in [0.05, 0.1) is 0 Å². The van der Waals surface area contributed by atoms with Gasteiger partial charge in [-0.2, -0.15) is 0 Å². The van der Waals surface area contributed by atoms with E-state index in [1.54, 1.807) is 0 Å². The Balaban J connectivity index is 1.73. The van der Waals surface area contributed by atoms with Gasteiger partial charge in [0, 0.05) is 24.9 Å². The number of rotatable bonds is 5. The fourth-order valence-corrected chi connectivity index (χ4v) is 4.24. The average molecular weight is 359 g/mol. The summed E-state index contributed by atoms with van der Waals surface area (Å²) in [6.45, 7) is 0.997. The molecule has 3 unspecified atom stereocenters. The maximum absolute atomic E-state index is 12.2.